The summed E-state index contributed by atoms with van der Waals surface area (Å²) in [6, 6.07) is 6.79. The minimum Gasteiger partial charge on any atom is -0.444 e. The molecule has 146 valence electrons. The van der Waals surface area contributed by atoms with Crippen molar-refractivity contribution in [2.45, 2.75) is 31.4 Å². The van der Waals surface area contributed by atoms with Crippen LogP contribution in [-0.4, -0.2) is 45.3 Å². The standard InChI is InChI=1S/C16H20ClN5O4S/c1-16(2,3)25-15(23)18-7-8-27-14-12(21-26-22-14)13(20-24)19-11-6-4-5-10(17)9-11/h4-6,9,24H,7-8H2,1-3H3,(H,18,23)(H,19,20). The number of carbonyl (C=O) groups excluding carboxylic acids is 1. The summed E-state index contributed by atoms with van der Waals surface area (Å²) in [5.74, 6) is 0.539. The van der Waals surface area contributed by atoms with E-state index in [9.17, 15) is 10.0 Å². The van der Waals surface area contributed by atoms with Crippen LogP contribution in [0.5, 0.6) is 0 Å². The van der Waals surface area contributed by atoms with Crippen LogP contribution in [0.4, 0.5) is 10.5 Å². The molecule has 1 aromatic carbocycles. The summed E-state index contributed by atoms with van der Waals surface area (Å²) in [5.41, 5.74) is 2.19. The monoisotopic (exact) mass is 413 g/mol. The molecule has 1 heterocycles. The van der Waals surface area contributed by atoms with Gasteiger partial charge in [0.25, 0.3) is 0 Å². The molecule has 0 saturated heterocycles. The molecule has 0 aliphatic carbocycles. The van der Waals surface area contributed by atoms with E-state index in [-0.39, 0.29) is 11.5 Å². The Bertz CT molecular complexity index is 806. The van der Waals surface area contributed by atoms with E-state index in [2.05, 4.69) is 20.6 Å². The van der Waals surface area contributed by atoms with Crippen LogP contribution in [-0.2, 0) is 4.74 Å². The zero-order chi connectivity index (χ0) is 19.9. The molecule has 0 radical (unpaired) electrons. The first-order valence-corrected chi connectivity index (χ1v) is 9.32. The number of nitrogens with one attached hydrogen (secondary N) is 2. The molecular weight excluding hydrogens is 394 g/mol. The molecule has 2 aromatic rings. The van der Waals surface area contributed by atoms with Gasteiger partial charge in [-0.3, -0.25) is 10.7 Å². The summed E-state index contributed by atoms with van der Waals surface area (Å²) in [4.78, 5) is 15.9. The second-order valence-corrected chi connectivity index (χ2v) is 7.77. The van der Waals surface area contributed by atoms with Gasteiger partial charge in [0.1, 0.15) is 5.60 Å². The highest BCUT2D eigenvalue weighted by Gasteiger charge is 2.18. The van der Waals surface area contributed by atoms with Gasteiger partial charge in [-0.25, -0.2) is 14.4 Å². The molecule has 1 aromatic heterocycles. The van der Waals surface area contributed by atoms with Gasteiger partial charge >= 0.3 is 6.09 Å². The number of nitrogens with zero attached hydrogens (tertiary/aromatic N) is 3. The second kappa shape index (κ2) is 9.58. The second-order valence-electron chi connectivity index (χ2n) is 6.25. The number of ether oxygens (including phenoxy) is 1. The maximum Gasteiger partial charge on any atom is 0.407 e. The van der Waals surface area contributed by atoms with Crippen LogP contribution in [0.1, 0.15) is 26.5 Å². The number of alkyl carbamates (subject to hydrolysis) is 1. The SMILES string of the molecule is CC(C)(C)OC(=O)NCCSc1nonc1C(=Nc1cccc(Cl)c1)NO. The van der Waals surface area contributed by atoms with Crippen molar-refractivity contribution in [3.63, 3.8) is 0 Å². The molecule has 1 amide bonds. The van der Waals surface area contributed by atoms with E-state index >= 15 is 0 Å². The number of amidine groups is 1. The lowest BCUT2D eigenvalue weighted by Crippen LogP contribution is -2.33. The summed E-state index contributed by atoms with van der Waals surface area (Å²) < 4.78 is 9.89. The molecule has 0 saturated carbocycles. The smallest absolute Gasteiger partial charge is 0.407 e. The number of benzene rings is 1. The topological polar surface area (TPSA) is 122 Å². The molecule has 0 spiro atoms. The van der Waals surface area contributed by atoms with E-state index in [1.807, 2.05) is 5.48 Å². The summed E-state index contributed by atoms with van der Waals surface area (Å²) >= 11 is 7.21. The highest BCUT2D eigenvalue weighted by molar-refractivity contribution is 7.99. The molecule has 0 fully saturated rings. The van der Waals surface area contributed by atoms with Crippen LogP contribution in [0.2, 0.25) is 5.02 Å². The van der Waals surface area contributed by atoms with Crippen molar-refractivity contribution in [1.82, 2.24) is 21.1 Å². The molecule has 27 heavy (non-hydrogen) atoms. The Kier molecular flexibility index (Phi) is 7.45. The Labute approximate surface area is 165 Å². The lowest BCUT2D eigenvalue weighted by molar-refractivity contribution is 0.0531. The van der Waals surface area contributed by atoms with Crippen molar-refractivity contribution < 1.29 is 19.4 Å². The van der Waals surface area contributed by atoms with Crippen molar-refractivity contribution in [1.29, 1.82) is 0 Å². The number of halogens is 1. The van der Waals surface area contributed by atoms with Crippen molar-refractivity contribution >= 4 is 41.0 Å². The number of amides is 1. The molecule has 3 N–H and O–H groups in total. The molecule has 0 aliphatic rings. The fraction of sp³-hybridized carbons (Fsp3) is 0.375. The number of aliphatic imine (C=N–C) groups is 1. The molecule has 2 rings (SSSR count). The number of aromatic nitrogens is 2. The van der Waals surface area contributed by atoms with E-state index < -0.39 is 11.7 Å². The normalized spacial score (nSPS) is 12.0. The minimum absolute atomic E-state index is 0.0566. The number of carbonyl (C=O) groups is 1. The Balaban J connectivity index is 1.97. The van der Waals surface area contributed by atoms with E-state index in [0.717, 1.165) is 0 Å². The average molecular weight is 414 g/mol. The summed E-state index contributed by atoms with van der Waals surface area (Å²) in [6.07, 6.45) is -0.498. The van der Waals surface area contributed by atoms with Crippen LogP contribution in [0.15, 0.2) is 38.9 Å². The van der Waals surface area contributed by atoms with Crippen molar-refractivity contribution in [2.75, 3.05) is 12.3 Å². The Morgan fingerprint density at radius 2 is 2.19 bits per heavy atom. The third-order valence-corrected chi connectivity index (χ3v) is 4.03. The van der Waals surface area contributed by atoms with Crippen LogP contribution >= 0.6 is 23.4 Å². The van der Waals surface area contributed by atoms with Gasteiger partial charge in [0.2, 0.25) is 0 Å². The predicted molar refractivity (Wildman–Crippen MR) is 102 cm³/mol. The molecule has 0 unspecified atom stereocenters. The Morgan fingerprint density at radius 3 is 2.85 bits per heavy atom. The first-order chi connectivity index (χ1) is 12.8. The molecule has 11 heteroatoms. The van der Waals surface area contributed by atoms with Crippen LogP contribution in [0, 0.1) is 0 Å². The number of rotatable bonds is 6. The van der Waals surface area contributed by atoms with Gasteiger partial charge in [0.15, 0.2) is 16.6 Å². The summed E-state index contributed by atoms with van der Waals surface area (Å²) in [6.45, 7) is 5.71. The Morgan fingerprint density at radius 1 is 1.41 bits per heavy atom. The minimum atomic E-state index is -0.557. The number of hydrogen-bond acceptors (Lipinski definition) is 8. The molecule has 0 aliphatic heterocycles. The van der Waals surface area contributed by atoms with Gasteiger partial charge in [-0.1, -0.05) is 29.4 Å². The van der Waals surface area contributed by atoms with Gasteiger partial charge < -0.3 is 10.1 Å². The predicted octanol–water partition coefficient (Wildman–Crippen LogP) is 3.40. The van der Waals surface area contributed by atoms with E-state index in [4.69, 9.17) is 21.0 Å². The van der Waals surface area contributed by atoms with Gasteiger partial charge in [0, 0.05) is 17.3 Å². The maximum atomic E-state index is 11.6. The highest BCUT2D eigenvalue weighted by atomic mass is 35.5. The first kappa shape index (κ1) is 21.0. The van der Waals surface area contributed by atoms with Crippen LogP contribution < -0.4 is 10.8 Å². The third kappa shape index (κ3) is 7.08. The fourth-order valence-electron chi connectivity index (χ4n) is 1.84. The van der Waals surface area contributed by atoms with Crippen LogP contribution in [0.25, 0.3) is 0 Å². The van der Waals surface area contributed by atoms with Gasteiger partial charge in [-0.15, -0.1) is 0 Å². The Hall–Kier alpha value is -2.30. The van der Waals surface area contributed by atoms with E-state index in [1.54, 1.807) is 45.0 Å². The fourth-order valence-corrected chi connectivity index (χ4v) is 2.78. The summed E-state index contributed by atoms with van der Waals surface area (Å²) in [7, 11) is 0. The largest absolute Gasteiger partial charge is 0.444 e. The quantitative estimate of drug-likeness (QED) is 0.216. The zero-order valence-corrected chi connectivity index (χ0v) is 16.6. The van der Waals surface area contributed by atoms with Crippen molar-refractivity contribution in [3.05, 3.63) is 35.0 Å². The zero-order valence-electron chi connectivity index (χ0n) is 15.0. The van der Waals surface area contributed by atoms with Gasteiger partial charge in [-0.2, -0.15) is 0 Å². The summed E-state index contributed by atoms with van der Waals surface area (Å²) in [5, 5.41) is 20.5. The number of hydroxylamine groups is 1. The maximum absolute atomic E-state index is 11.6. The average Bonchev–Trinajstić information content (AvgIpc) is 3.03. The molecule has 0 atom stereocenters. The number of hydrogen-bond donors (Lipinski definition) is 3. The lowest BCUT2D eigenvalue weighted by Gasteiger charge is -2.19. The van der Waals surface area contributed by atoms with Crippen molar-refractivity contribution in [3.8, 4) is 0 Å². The highest BCUT2D eigenvalue weighted by Crippen LogP contribution is 2.22. The van der Waals surface area contributed by atoms with Gasteiger partial charge in [0.05, 0.1) is 5.69 Å². The first-order valence-electron chi connectivity index (χ1n) is 7.95. The van der Waals surface area contributed by atoms with Crippen molar-refractivity contribution in [2.24, 2.45) is 4.99 Å². The van der Waals surface area contributed by atoms with Gasteiger partial charge in [-0.05, 0) is 49.3 Å². The van der Waals surface area contributed by atoms with E-state index in [0.29, 0.717) is 28.0 Å². The number of thioether (sulfide) groups is 1. The molecular formula is C16H20ClN5O4S. The third-order valence-electron chi connectivity index (χ3n) is 2.85. The van der Waals surface area contributed by atoms with E-state index in [1.165, 1.54) is 11.8 Å². The molecule has 0 bridgehead atoms. The lowest BCUT2D eigenvalue weighted by atomic mass is 10.2. The molecule has 9 nitrogen and oxygen atoms in total. The van der Waals surface area contributed by atoms with Crippen LogP contribution in [0.3, 0.4) is 0 Å².